The minimum Gasteiger partial charge on any atom is -0.396 e. The molecular weight excluding hydrogens is 182 g/mol. The van der Waals surface area contributed by atoms with Gasteiger partial charge in [-0.25, -0.2) is 5.84 Å². The molecule has 14 heavy (non-hydrogen) atoms. The number of rotatable bonds is 4. The Bertz CT molecular complexity index is 198. The minimum atomic E-state index is -0.163. The molecule has 1 aliphatic heterocycles. The van der Waals surface area contributed by atoms with Gasteiger partial charge >= 0.3 is 0 Å². The fourth-order valence-electron chi connectivity index (χ4n) is 1.92. The number of nitrogens with zero attached hydrogens (tertiary/aromatic N) is 1. The maximum absolute atomic E-state index is 11.2. The van der Waals surface area contributed by atoms with Gasteiger partial charge in [-0.15, -0.1) is 0 Å². The van der Waals surface area contributed by atoms with Crippen molar-refractivity contribution >= 4 is 5.91 Å². The summed E-state index contributed by atoms with van der Waals surface area (Å²) in [4.78, 5) is 13.3. The maximum atomic E-state index is 11.2. The summed E-state index contributed by atoms with van der Waals surface area (Å²) >= 11 is 0. The van der Waals surface area contributed by atoms with Gasteiger partial charge in [-0.05, 0) is 32.2 Å². The molecule has 2 atom stereocenters. The van der Waals surface area contributed by atoms with Crippen LogP contribution in [0.15, 0.2) is 0 Å². The van der Waals surface area contributed by atoms with Gasteiger partial charge in [0.05, 0.1) is 6.04 Å². The fourth-order valence-corrected chi connectivity index (χ4v) is 1.92. The molecule has 82 valence electrons. The molecule has 5 heteroatoms. The van der Waals surface area contributed by atoms with Gasteiger partial charge in [0, 0.05) is 13.2 Å². The molecule has 1 amide bonds. The maximum Gasteiger partial charge on any atom is 0.250 e. The van der Waals surface area contributed by atoms with E-state index in [0.29, 0.717) is 5.92 Å². The summed E-state index contributed by atoms with van der Waals surface area (Å²) in [6, 6.07) is -0.163. The first-order valence-electron chi connectivity index (χ1n) is 5.04. The highest BCUT2D eigenvalue weighted by Gasteiger charge is 2.28. The van der Waals surface area contributed by atoms with Crippen molar-refractivity contribution in [1.29, 1.82) is 0 Å². The predicted molar refractivity (Wildman–Crippen MR) is 53.2 cm³/mol. The Labute approximate surface area is 84.2 Å². The lowest BCUT2D eigenvalue weighted by Crippen LogP contribution is -2.46. The van der Waals surface area contributed by atoms with Crippen LogP contribution in [0.5, 0.6) is 0 Å². The van der Waals surface area contributed by atoms with E-state index in [4.69, 9.17) is 10.9 Å². The van der Waals surface area contributed by atoms with E-state index in [1.54, 1.807) is 0 Å². The molecule has 0 spiro atoms. The second-order valence-corrected chi connectivity index (χ2v) is 3.85. The van der Waals surface area contributed by atoms with Crippen LogP contribution in [-0.2, 0) is 4.79 Å². The summed E-state index contributed by atoms with van der Waals surface area (Å²) in [6.07, 6.45) is 1.89. The van der Waals surface area contributed by atoms with E-state index in [2.05, 4.69) is 10.3 Å². The first-order chi connectivity index (χ1) is 6.69. The van der Waals surface area contributed by atoms with Gasteiger partial charge in [0.1, 0.15) is 0 Å². The molecule has 0 saturated carbocycles. The molecule has 1 fully saturated rings. The lowest BCUT2D eigenvalue weighted by molar-refractivity contribution is -0.125. The Morgan fingerprint density at radius 2 is 2.50 bits per heavy atom. The van der Waals surface area contributed by atoms with Crippen LogP contribution in [0.25, 0.3) is 0 Å². The quantitative estimate of drug-likeness (QED) is 0.312. The summed E-state index contributed by atoms with van der Waals surface area (Å²) < 4.78 is 0. The van der Waals surface area contributed by atoms with Gasteiger partial charge in [0.2, 0.25) is 0 Å². The van der Waals surface area contributed by atoms with Gasteiger partial charge in [-0.1, -0.05) is 0 Å². The van der Waals surface area contributed by atoms with Crippen molar-refractivity contribution in [3.8, 4) is 0 Å². The molecule has 0 radical (unpaired) electrons. The minimum absolute atomic E-state index is 0.144. The topological polar surface area (TPSA) is 78.6 Å². The first-order valence-corrected chi connectivity index (χ1v) is 5.04. The zero-order valence-corrected chi connectivity index (χ0v) is 8.57. The number of hydrazine groups is 1. The molecule has 0 aromatic rings. The van der Waals surface area contributed by atoms with Crippen LogP contribution in [-0.4, -0.2) is 41.7 Å². The lowest BCUT2D eigenvalue weighted by atomic mass is 10.1. The van der Waals surface area contributed by atoms with Crippen LogP contribution in [0.2, 0.25) is 0 Å². The van der Waals surface area contributed by atoms with Crippen molar-refractivity contribution in [2.75, 3.05) is 19.7 Å². The van der Waals surface area contributed by atoms with E-state index in [1.807, 2.05) is 6.92 Å². The normalized spacial score (nSPS) is 24.9. The predicted octanol–water partition coefficient (Wildman–Crippen LogP) is -0.931. The number of carbonyl (C=O) groups excluding carboxylic acids is 1. The number of nitrogens with one attached hydrogen (secondary N) is 1. The van der Waals surface area contributed by atoms with E-state index in [9.17, 15) is 4.79 Å². The highest BCUT2D eigenvalue weighted by Crippen LogP contribution is 2.20. The Kier molecular flexibility index (Phi) is 4.31. The third-order valence-electron chi connectivity index (χ3n) is 2.92. The molecule has 0 aromatic heterocycles. The SMILES string of the molecule is CC(C(=O)NN)N1CCC(CCO)C1. The molecule has 2 unspecified atom stereocenters. The van der Waals surface area contributed by atoms with Gasteiger partial charge < -0.3 is 5.11 Å². The number of likely N-dealkylation sites (tertiary alicyclic amines) is 1. The van der Waals surface area contributed by atoms with Crippen molar-refractivity contribution in [2.24, 2.45) is 11.8 Å². The number of hydrogen-bond acceptors (Lipinski definition) is 4. The summed E-state index contributed by atoms with van der Waals surface area (Å²) in [6.45, 7) is 3.88. The third kappa shape index (κ3) is 2.67. The van der Waals surface area contributed by atoms with Crippen LogP contribution >= 0.6 is 0 Å². The number of hydrogen-bond donors (Lipinski definition) is 3. The molecule has 1 aliphatic rings. The number of amides is 1. The van der Waals surface area contributed by atoms with Crippen LogP contribution in [0.4, 0.5) is 0 Å². The fraction of sp³-hybridized carbons (Fsp3) is 0.889. The third-order valence-corrected chi connectivity index (χ3v) is 2.92. The highest BCUT2D eigenvalue weighted by atomic mass is 16.3. The van der Waals surface area contributed by atoms with Gasteiger partial charge in [0.25, 0.3) is 5.91 Å². The molecule has 4 N–H and O–H groups in total. The van der Waals surface area contributed by atoms with E-state index >= 15 is 0 Å². The lowest BCUT2D eigenvalue weighted by Gasteiger charge is -2.22. The van der Waals surface area contributed by atoms with Crippen molar-refractivity contribution in [3.63, 3.8) is 0 Å². The zero-order chi connectivity index (χ0) is 10.6. The van der Waals surface area contributed by atoms with E-state index in [0.717, 1.165) is 25.9 Å². The summed E-state index contributed by atoms with van der Waals surface area (Å²) in [5.41, 5.74) is 2.16. The Hall–Kier alpha value is -0.650. The molecule has 1 heterocycles. The molecule has 1 saturated heterocycles. The van der Waals surface area contributed by atoms with Crippen molar-refractivity contribution in [1.82, 2.24) is 10.3 Å². The highest BCUT2D eigenvalue weighted by molar-refractivity contribution is 5.80. The molecule has 0 aliphatic carbocycles. The van der Waals surface area contributed by atoms with Crippen LogP contribution in [0, 0.1) is 5.92 Å². The summed E-state index contributed by atoms with van der Waals surface area (Å²) in [5, 5.41) is 8.79. The first kappa shape index (κ1) is 11.4. The van der Waals surface area contributed by atoms with Crippen molar-refractivity contribution in [2.45, 2.75) is 25.8 Å². The number of aliphatic hydroxyl groups is 1. The number of aliphatic hydroxyl groups excluding tert-OH is 1. The van der Waals surface area contributed by atoms with Gasteiger partial charge in [0.15, 0.2) is 0 Å². The average Bonchev–Trinajstić information content (AvgIpc) is 2.64. The van der Waals surface area contributed by atoms with Crippen LogP contribution in [0.1, 0.15) is 19.8 Å². The largest absolute Gasteiger partial charge is 0.396 e. The number of nitrogens with two attached hydrogens (primary N) is 1. The Morgan fingerprint density at radius 1 is 1.79 bits per heavy atom. The second-order valence-electron chi connectivity index (χ2n) is 3.85. The monoisotopic (exact) mass is 201 g/mol. The zero-order valence-electron chi connectivity index (χ0n) is 8.57. The van der Waals surface area contributed by atoms with Crippen LogP contribution in [0.3, 0.4) is 0 Å². The number of carbonyl (C=O) groups is 1. The Morgan fingerprint density at radius 3 is 3.07 bits per heavy atom. The molecule has 1 rings (SSSR count). The average molecular weight is 201 g/mol. The second kappa shape index (κ2) is 5.29. The summed E-state index contributed by atoms with van der Waals surface area (Å²) in [7, 11) is 0. The van der Waals surface area contributed by atoms with Gasteiger partial charge in [-0.3, -0.25) is 15.1 Å². The standard InChI is InChI=1S/C9H19N3O2/c1-7(9(14)11-10)12-4-2-8(6-12)3-5-13/h7-8,13H,2-6,10H2,1H3,(H,11,14). The molecule has 0 bridgehead atoms. The van der Waals surface area contributed by atoms with E-state index in [1.165, 1.54) is 0 Å². The Balaban J connectivity index is 2.37. The summed E-state index contributed by atoms with van der Waals surface area (Å²) in [5.74, 6) is 5.45. The van der Waals surface area contributed by atoms with E-state index in [-0.39, 0.29) is 18.6 Å². The molecular formula is C9H19N3O2. The van der Waals surface area contributed by atoms with Crippen molar-refractivity contribution < 1.29 is 9.90 Å². The van der Waals surface area contributed by atoms with Crippen LogP contribution < -0.4 is 11.3 Å². The molecule has 5 nitrogen and oxygen atoms in total. The van der Waals surface area contributed by atoms with Crippen molar-refractivity contribution in [3.05, 3.63) is 0 Å². The van der Waals surface area contributed by atoms with Gasteiger partial charge in [-0.2, -0.15) is 0 Å². The molecule has 0 aromatic carbocycles. The van der Waals surface area contributed by atoms with E-state index < -0.39 is 0 Å². The smallest absolute Gasteiger partial charge is 0.250 e.